The van der Waals surface area contributed by atoms with Gasteiger partial charge < -0.3 is 0 Å². The molecule has 0 bridgehead atoms. The van der Waals surface area contributed by atoms with Gasteiger partial charge in [-0.05, 0) is 100 Å². The average Bonchev–Trinajstić information content (AvgIpc) is 3.53. The number of halogens is 12. The molecular formula is C42H32F12N2. The molecule has 0 N–H and O–H groups in total. The molecule has 0 aromatic heterocycles. The van der Waals surface area contributed by atoms with Gasteiger partial charge in [0.05, 0.1) is 5.41 Å². The maximum atomic E-state index is 14.0. The number of rotatable bonds is 8. The lowest BCUT2D eigenvalue weighted by molar-refractivity contribution is -0.373. The van der Waals surface area contributed by atoms with Gasteiger partial charge in [0.1, 0.15) is 0 Å². The monoisotopic (exact) mass is 792 g/mol. The molecule has 0 heterocycles. The molecule has 56 heavy (non-hydrogen) atoms. The third-order valence-electron chi connectivity index (χ3n) is 11.2. The molecule has 5 aromatic rings. The summed E-state index contributed by atoms with van der Waals surface area (Å²) in [5.74, 6) is 0. The van der Waals surface area contributed by atoms with E-state index < -0.39 is 71.8 Å². The number of fused-ring (bicyclic) bond motifs is 6. The van der Waals surface area contributed by atoms with Crippen molar-refractivity contribution in [3.8, 4) is 22.3 Å². The maximum Gasteiger partial charge on any atom is 0.467 e. The Bertz CT molecular complexity index is 2150. The topological polar surface area (TPSA) is 6.48 Å². The van der Waals surface area contributed by atoms with E-state index in [-0.39, 0.29) is 11.1 Å². The Morgan fingerprint density at radius 3 is 1.39 bits per heavy atom. The molecule has 0 saturated carbocycles. The Morgan fingerprint density at radius 1 is 0.446 bits per heavy atom. The fourth-order valence-electron chi connectivity index (χ4n) is 8.88. The Balaban J connectivity index is 1.56. The minimum atomic E-state index is -5.96. The normalized spacial score (nSPS) is 15.9. The molecule has 0 aliphatic heterocycles. The fraction of sp³-hybridized carbons (Fsp3) is 0.286. The van der Waals surface area contributed by atoms with Gasteiger partial charge in [-0.15, -0.1) is 9.80 Å². The lowest BCUT2D eigenvalue weighted by Gasteiger charge is -2.38. The van der Waals surface area contributed by atoms with Gasteiger partial charge in [0, 0.05) is 18.5 Å². The molecule has 5 aromatic carbocycles. The lowest BCUT2D eigenvalue weighted by Crippen LogP contribution is -2.51. The van der Waals surface area contributed by atoms with E-state index in [1.807, 2.05) is 85.8 Å². The number of hydrogen-bond donors (Lipinski definition) is 0. The summed E-state index contributed by atoms with van der Waals surface area (Å²) in [4.78, 5) is -3.39. The molecule has 0 fully saturated rings. The minimum Gasteiger partial charge on any atom is -0.155 e. The van der Waals surface area contributed by atoms with Crippen molar-refractivity contribution in [2.45, 2.75) is 62.7 Å². The van der Waals surface area contributed by atoms with E-state index in [1.54, 1.807) is 25.1 Å². The first-order valence-electron chi connectivity index (χ1n) is 17.5. The van der Waals surface area contributed by atoms with Gasteiger partial charge in [0.25, 0.3) is 0 Å². The van der Waals surface area contributed by atoms with Crippen LogP contribution in [0.3, 0.4) is 0 Å². The zero-order valence-electron chi connectivity index (χ0n) is 29.7. The summed E-state index contributed by atoms with van der Waals surface area (Å²) in [7, 11) is 0. The van der Waals surface area contributed by atoms with Gasteiger partial charge in [-0.2, -0.15) is 52.7 Å². The van der Waals surface area contributed by atoms with Crippen molar-refractivity contribution in [1.29, 1.82) is 0 Å². The van der Waals surface area contributed by atoms with Crippen molar-refractivity contribution in [2.75, 3.05) is 13.1 Å². The molecule has 294 valence electrons. The van der Waals surface area contributed by atoms with Gasteiger partial charge in [-0.25, -0.2) is 0 Å². The highest BCUT2D eigenvalue weighted by Crippen LogP contribution is 2.62. The molecule has 2 aliphatic rings. The summed E-state index contributed by atoms with van der Waals surface area (Å²) >= 11 is 0. The highest BCUT2D eigenvalue weighted by Gasteiger charge is 2.58. The van der Waals surface area contributed by atoms with Crippen LogP contribution >= 0.6 is 0 Å². The van der Waals surface area contributed by atoms with E-state index in [4.69, 9.17) is 0 Å². The van der Waals surface area contributed by atoms with Crippen molar-refractivity contribution in [3.05, 3.63) is 154 Å². The van der Waals surface area contributed by atoms with Crippen LogP contribution < -0.4 is 0 Å². The number of hydrogen-bond acceptors (Lipinski definition) is 2. The zero-order valence-corrected chi connectivity index (χ0v) is 29.7. The predicted octanol–water partition coefficient (Wildman–Crippen LogP) is 12.4. The summed E-state index contributed by atoms with van der Waals surface area (Å²) in [5, 5.41) is 0. The van der Waals surface area contributed by atoms with E-state index in [2.05, 4.69) is 0 Å². The first-order valence-corrected chi connectivity index (χ1v) is 17.5. The summed E-state index contributed by atoms with van der Waals surface area (Å²) in [6, 6.07) is 32.2. The van der Waals surface area contributed by atoms with Crippen molar-refractivity contribution in [2.24, 2.45) is 0 Å². The molecular weight excluding hydrogens is 760 g/mol. The van der Waals surface area contributed by atoms with Crippen LogP contribution in [0.25, 0.3) is 22.3 Å². The second-order valence-corrected chi connectivity index (χ2v) is 14.2. The van der Waals surface area contributed by atoms with Crippen LogP contribution in [0.15, 0.2) is 109 Å². The molecule has 2 aliphatic carbocycles. The van der Waals surface area contributed by atoms with Gasteiger partial charge in [0.2, 0.25) is 0 Å². The van der Waals surface area contributed by atoms with Gasteiger partial charge in [-0.1, -0.05) is 103 Å². The standard InChI is InChI=1S/C42H32F12N2/c1-25-16-17-29-30-23-33-31(24-35(30)38(34(29)22-25,27-11-5-3-6-12-27)28-13-7-4-8-14-28)36-26(2)10-9-15-32(36)37(33,18-20-55(39(43,44)45)40(46,47)48)19-21-56(41(49,50)51)42(52,53)54/h3-17,22-24H,18-21H2,1-2H3. The van der Waals surface area contributed by atoms with Crippen LogP contribution in [0.5, 0.6) is 0 Å². The first kappa shape index (κ1) is 39.4. The third kappa shape index (κ3) is 6.34. The van der Waals surface area contributed by atoms with E-state index >= 15 is 0 Å². The van der Waals surface area contributed by atoms with Crippen LogP contribution in [0.2, 0.25) is 0 Å². The van der Waals surface area contributed by atoms with Crippen LogP contribution in [0.4, 0.5) is 52.7 Å². The summed E-state index contributed by atoms with van der Waals surface area (Å²) in [5.41, 5.74) is 3.10. The summed E-state index contributed by atoms with van der Waals surface area (Å²) < 4.78 is 168. The third-order valence-corrected chi connectivity index (χ3v) is 11.2. The summed E-state index contributed by atoms with van der Waals surface area (Å²) in [6.07, 6.45) is -26.1. The Morgan fingerprint density at radius 2 is 0.911 bits per heavy atom. The molecule has 7 rings (SSSR count). The quantitative estimate of drug-likeness (QED) is 0.112. The largest absolute Gasteiger partial charge is 0.467 e. The highest BCUT2D eigenvalue weighted by molar-refractivity contribution is 5.93. The van der Waals surface area contributed by atoms with Crippen LogP contribution in [-0.4, -0.2) is 48.1 Å². The number of benzene rings is 5. The van der Waals surface area contributed by atoms with Crippen molar-refractivity contribution in [1.82, 2.24) is 9.80 Å². The van der Waals surface area contributed by atoms with E-state index in [0.717, 1.165) is 22.3 Å². The smallest absolute Gasteiger partial charge is 0.155 e. The summed E-state index contributed by atoms with van der Waals surface area (Å²) in [6.45, 7) is -0.0960. The zero-order chi connectivity index (χ0) is 40.6. The number of aryl methyl sites for hydroxylation is 2. The molecule has 14 heteroatoms. The number of alkyl halides is 12. The molecule has 2 nitrogen and oxygen atoms in total. The van der Waals surface area contributed by atoms with Gasteiger partial charge in [0.15, 0.2) is 0 Å². The molecule has 0 saturated heterocycles. The van der Waals surface area contributed by atoms with E-state index in [9.17, 15) is 52.7 Å². The van der Waals surface area contributed by atoms with E-state index in [0.29, 0.717) is 33.4 Å². The van der Waals surface area contributed by atoms with Gasteiger partial charge in [-0.3, -0.25) is 0 Å². The van der Waals surface area contributed by atoms with Crippen molar-refractivity contribution >= 4 is 0 Å². The molecule has 0 amide bonds. The number of nitrogens with zero attached hydrogens (tertiary/aromatic N) is 2. The molecule has 0 unspecified atom stereocenters. The van der Waals surface area contributed by atoms with E-state index in [1.165, 1.54) is 12.1 Å². The van der Waals surface area contributed by atoms with Crippen LogP contribution in [0, 0.1) is 13.8 Å². The molecule has 0 atom stereocenters. The lowest BCUT2D eigenvalue weighted by atomic mass is 9.67. The Labute approximate surface area is 314 Å². The second kappa shape index (κ2) is 13.4. The molecule has 0 radical (unpaired) electrons. The van der Waals surface area contributed by atoms with Gasteiger partial charge >= 0.3 is 25.2 Å². The fourth-order valence-corrected chi connectivity index (χ4v) is 8.88. The minimum absolute atomic E-state index is 0.0394. The Hall–Kier alpha value is -4.82. The predicted molar refractivity (Wildman–Crippen MR) is 186 cm³/mol. The van der Waals surface area contributed by atoms with Crippen LogP contribution in [-0.2, 0) is 10.8 Å². The van der Waals surface area contributed by atoms with Crippen molar-refractivity contribution in [3.63, 3.8) is 0 Å². The average molecular weight is 793 g/mol. The van der Waals surface area contributed by atoms with Crippen LogP contribution in [0.1, 0.15) is 57.3 Å². The molecule has 0 spiro atoms. The first-order chi connectivity index (χ1) is 26.1. The van der Waals surface area contributed by atoms with Crippen molar-refractivity contribution < 1.29 is 52.7 Å². The Kier molecular flexibility index (Phi) is 9.43. The second-order valence-electron chi connectivity index (χ2n) is 14.2. The maximum absolute atomic E-state index is 14.0. The SMILES string of the molecule is Cc1ccc2c(c1)C(c1ccccc1)(c1ccccc1)c1cc3c(cc1-2)C(CCN(C(F)(F)F)C(F)(F)F)(CCN(C(F)(F)F)C(F)(F)F)c1cccc(C)c1-3. The highest BCUT2D eigenvalue weighted by atomic mass is 19.4.